The van der Waals surface area contributed by atoms with Gasteiger partial charge in [0.2, 0.25) is 0 Å². The molecular weight excluding hydrogens is 340 g/mol. The van der Waals surface area contributed by atoms with Crippen LogP contribution in [-0.2, 0) is 0 Å². The second-order valence-corrected chi connectivity index (χ2v) is 6.37. The minimum absolute atomic E-state index is 0.548. The van der Waals surface area contributed by atoms with Gasteiger partial charge < -0.3 is 10.6 Å². The highest BCUT2D eigenvalue weighted by Crippen LogP contribution is 2.20. The van der Waals surface area contributed by atoms with Gasteiger partial charge in [-0.2, -0.15) is 10.2 Å². The van der Waals surface area contributed by atoms with Crippen LogP contribution in [0.3, 0.4) is 0 Å². The van der Waals surface area contributed by atoms with E-state index in [9.17, 15) is 0 Å². The van der Waals surface area contributed by atoms with E-state index in [1.165, 1.54) is 11.1 Å². The molecule has 26 heavy (non-hydrogen) atoms. The SMILES string of the molecule is Cc1ccc(NC(=S)Nc2ccc(N=Nc3ccccc3)cc2)cc1C. The average Bonchev–Trinajstić information content (AvgIpc) is 2.65. The predicted octanol–water partition coefficient (Wildman–Crippen LogP) is 6.53. The summed E-state index contributed by atoms with van der Waals surface area (Å²) in [6.45, 7) is 4.17. The van der Waals surface area contributed by atoms with Crippen LogP contribution in [0.25, 0.3) is 0 Å². The van der Waals surface area contributed by atoms with Crippen molar-refractivity contribution in [3.8, 4) is 0 Å². The van der Waals surface area contributed by atoms with Crippen LogP contribution in [-0.4, -0.2) is 5.11 Å². The molecule has 0 fully saturated rings. The quantitative estimate of drug-likeness (QED) is 0.411. The molecule has 0 saturated carbocycles. The molecule has 3 aromatic rings. The Morgan fingerprint density at radius 1 is 0.692 bits per heavy atom. The predicted molar refractivity (Wildman–Crippen MR) is 113 cm³/mol. The highest BCUT2D eigenvalue weighted by Gasteiger charge is 2.01. The summed E-state index contributed by atoms with van der Waals surface area (Å²) in [5.74, 6) is 0. The van der Waals surface area contributed by atoms with Gasteiger partial charge in [-0.25, -0.2) is 0 Å². The van der Waals surface area contributed by atoms with Gasteiger partial charge in [0.1, 0.15) is 0 Å². The first-order chi connectivity index (χ1) is 12.6. The molecule has 2 N–H and O–H groups in total. The summed E-state index contributed by atoms with van der Waals surface area (Å²) >= 11 is 5.38. The van der Waals surface area contributed by atoms with Gasteiger partial charge in [-0.15, -0.1) is 0 Å². The van der Waals surface area contributed by atoms with Crippen molar-refractivity contribution in [2.24, 2.45) is 10.2 Å². The van der Waals surface area contributed by atoms with Gasteiger partial charge in [-0.1, -0.05) is 24.3 Å². The number of aryl methyl sites for hydroxylation is 2. The molecule has 5 heteroatoms. The minimum Gasteiger partial charge on any atom is -0.332 e. The first kappa shape index (κ1) is 17.8. The van der Waals surface area contributed by atoms with Crippen molar-refractivity contribution in [3.63, 3.8) is 0 Å². The Kier molecular flexibility index (Phi) is 5.71. The zero-order valence-electron chi connectivity index (χ0n) is 14.7. The summed E-state index contributed by atoms with van der Waals surface area (Å²) in [6.07, 6.45) is 0. The monoisotopic (exact) mass is 360 g/mol. The molecule has 0 aliphatic rings. The van der Waals surface area contributed by atoms with Gasteiger partial charge in [0, 0.05) is 11.4 Å². The summed E-state index contributed by atoms with van der Waals surface area (Å²) in [5.41, 5.74) is 5.96. The lowest BCUT2D eigenvalue weighted by molar-refractivity contribution is 1.23. The van der Waals surface area contributed by atoms with Crippen LogP contribution in [0, 0.1) is 13.8 Å². The Morgan fingerprint density at radius 2 is 1.27 bits per heavy atom. The maximum atomic E-state index is 5.38. The minimum atomic E-state index is 0.548. The first-order valence-corrected chi connectivity index (χ1v) is 8.73. The number of thiocarbonyl (C=S) groups is 1. The van der Waals surface area contributed by atoms with E-state index in [1.807, 2.05) is 60.7 Å². The van der Waals surface area contributed by atoms with E-state index in [0.717, 1.165) is 22.7 Å². The molecule has 0 saturated heterocycles. The molecule has 0 heterocycles. The molecule has 0 spiro atoms. The van der Waals surface area contributed by atoms with E-state index in [-0.39, 0.29) is 0 Å². The molecule has 0 aliphatic carbocycles. The number of anilines is 2. The molecule has 0 radical (unpaired) electrons. The van der Waals surface area contributed by atoms with Crippen LogP contribution in [0.5, 0.6) is 0 Å². The van der Waals surface area contributed by atoms with Crippen molar-refractivity contribution in [3.05, 3.63) is 83.9 Å². The number of hydrogen-bond donors (Lipinski definition) is 2. The van der Waals surface area contributed by atoms with E-state index in [4.69, 9.17) is 12.2 Å². The molecular formula is C21H20N4S. The van der Waals surface area contributed by atoms with E-state index in [0.29, 0.717) is 5.11 Å². The summed E-state index contributed by atoms with van der Waals surface area (Å²) in [5, 5.41) is 15.4. The fourth-order valence-electron chi connectivity index (χ4n) is 2.33. The standard InChI is InChI=1S/C21H20N4S/c1-15-8-9-20(14-16(15)2)23-21(26)22-17-10-12-19(13-11-17)25-24-18-6-4-3-5-7-18/h3-14H,1-2H3,(H2,22,23,26). The molecule has 0 atom stereocenters. The van der Waals surface area contributed by atoms with E-state index < -0.39 is 0 Å². The zero-order valence-corrected chi connectivity index (χ0v) is 15.5. The van der Waals surface area contributed by atoms with E-state index >= 15 is 0 Å². The fourth-order valence-corrected chi connectivity index (χ4v) is 2.57. The fraction of sp³-hybridized carbons (Fsp3) is 0.0952. The Bertz CT molecular complexity index is 919. The number of azo groups is 1. The summed E-state index contributed by atoms with van der Waals surface area (Å²) < 4.78 is 0. The molecule has 4 nitrogen and oxygen atoms in total. The largest absolute Gasteiger partial charge is 0.332 e. The van der Waals surface area contributed by atoms with Gasteiger partial charge >= 0.3 is 0 Å². The lowest BCUT2D eigenvalue weighted by Crippen LogP contribution is -2.19. The zero-order chi connectivity index (χ0) is 18.4. The van der Waals surface area contributed by atoms with E-state index in [2.05, 4.69) is 46.8 Å². The van der Waals surface area contributed by atoms with Crippen LogP contribution >= 0.6 is 12.2 Å². The van der Waals surface area contributed by atoms with Crippen LogP contribution in [0.15, 0.2) is 83.0 Å². The normalized spacial score (nSPS) is 10.7. The lowest BCUT2D eigenvalue weighted by Gasteiger charge is -2.12. The van der Waals surface area contributed by atoms with Crippen molar-refractivity contribution in [1.82, 2.24) is 0 Å². The average molecular weight is 360 g/mol. The molecule has 0 aromatic heterocycles. The third kappa shape index (κ3) is 4.97. The van der Waals surface area contributed by atoms with Gasteiger partial charge in [-0.05, 0) is 85.7 Å². The lowest BCUT2D eigenvalue weighted by atomic mass is 10.1. The van der Waals surface area contributed by atoms with Gasteiger partial charge in [0.15, 0.2) is 5.11 Å². The highest BCUT2D eigenvalue weighted by molar-refractivity contribution is 7.80. The number of rotatable bonds is 4. The smallest absolute Gasteiger partial charge is 0.175 e. The van der Waals surface area contributed by atoms with Crippen LogP contribution in [0.2, 0.25) is 0 Å². The molecule has 0 amide bonds. The number of nitrogens with zero attached hydrogens (tertiary/aromatic N) is 2. The van der Waals surface area contributed by atoms with Gasteiger partial charge in [-0.3, -0.25) is 0 Å². The second kappa shape index (κ2) is 8.36. The molecule has 0 aliphatic heterocycles. The Hall–Kier alpha value is -3.05. The van der Waals surface area contributed by atoms with Crippen molar-refractivity contribution < 1.29 is 0 Å². The van der Waals surface area contributed by atoms with Crippen LogP contribution in [0.1, 0.15) is 11.1 Å². The summed E-state index contributed by atoms with van der Waals surface area (Å²) in [6, 6.07) is 23.5. The van der Waals surface area contributed by atoms with Gasteiger partial charge in [0.05, 0.1) is 11.4 Å². The Balaban J connectivity index is 1.59. The van der Waals surface area contributed by atoms with Crippen molar-refractivity contribution in [2.75, 3.05) is 10.6 Å². The van der Waals surface area contributed by atoms with Crippen LogP contribution in [0.4, 0.5) is 22.7 Å². The number of hydrogen-bond acceptors (Lipinski definition) is 3. The second-order valence-electron chi connectivity index (χ2n) is 5.96. The molecule has 130 valence electrons. The molecule has 0 bridgehead atoms. The Labute approximate surface area is 159 Å². The number of benzene rings is 3. The first-order valence-electron chi connectivity index (χ1n) is 8.32. The van der Waals surface area contributed by atoms with Crippen molar-refractivity contribution >= 4 is 40.1 Å². The highest BCUT2D eigenvalue weighted by atomic mass is 32.1. The third-order valence-corrected chi connectivity index (χ3v) is 4.13. The van der Waals surface area contributed by atoms with Crippen LogP contribution < -0.4 is 10.6 Å². The summed E-state index contributed by atoms with van der Waals surface area (Å²) in [4.78, 5) is 0. The maximum absolute atomic E-state index is 5.38. The summed E-state index contributed by atoms with van der Waals surface area (Å²) in [7, 11) is 0. The maximum Gasteiger partial charge on any atom is 0.175 e. The third-order valence-electron chi connectivity index (χ3n) is 3.93. The Morgan fingerprint density at radius 3 is 1.92 bits per heavy atom. The molecule has 3 rings (SSSR count). The van der Waals surface area contributed by atoms with Crippen molar-refractivity contribution in [1.29, 1.82) is 0 Å². The van der Waals surface area contributed by atoms with E-state index in [1.54, 1.807) is 0 Å². The number of nitrogens with one attached hydrogen (secondary N) is 2. The molecule has 0 unspecified atom stereocenters. The molecule has 3 aromatic carbocycles. The van der Waals surface area contributed by atoms with Crippen molar-refractivity contribution in [2.45, 2.75) is 13.8 Å². The van der Waals surface area contributed by atoms with Gasteiger partial charge in [0.25, 0.3) is 0 Å². The topological polar surface area (TPSA) is 48.8 Å².